The largest absolute Gasteiger partial charge is 0.507 e. The molecule has 0 fully saturated rings. The average Bonchev–Trinajstić information content (AvgIpc) is 2.36. The number of carbonyl (C=O) groups excluding carboxylic acids is 2. The third-order valence-corrected chi connectivity index (χ3v) is 2.49. The zero-order valence-corrected chi connectivity index (χ0v) is 15.8. The number of aldehydes is 2. The van der Waals surface area contributed by atoms with Gasteiger partial charge in [0.2, 0.25) is 0 Å². The summed E-state index contributed by atoms with van der Waals surface area (Å²) >= 11 is 12.0. The Morgan fingerprint density at radius 1 is 1.26 bits per heavy atom. The van der Waals surface area contributed by atoms with Crippen molar-refractivity contribution in [3.63, 3.8) is 0 Å². The Kier molecular flexibility index (Phi) is 9.94. The van der Waals surface area contributed by atoms with Gasteiger partial charge in [-0.2, -0.15) is 0 Å². The molecule has 0 unspecified atom stereocenters. The first kappa shape index (κ1) is 19.1. The number of phenolic OH excluding ortho intramolecular Hbond substituents is 1. The smallest absolute Gasteiger partial charge is 0.189 e. The summed E-state index contributed by atoms with van der Waals surface area (Å²) in [6.45, 7) is 0.528. The van der Waals surface area contributed by atoms with Crippen molar-refractivity contribution < 1.29 is 19.4 Å². The van der Waals surface area contributed by atoms with E-state index < -0.39 is 2.14 Å². The first-order valence-electron chi connectivity index (χ1n) is 4.84. The molecule has 0 aromatic heterocycles. The maximum absolute atomic E-state index is 10.3. The van der Waals surface area contributed by atoms with Crippen molar-refractivity contribution in [2.45, 2.75) is 2.14 Å². The SMILES string of the molecule is O=CC(Br)(Br)Br.O=Cc1ccc(OCCBr)cc1O. The summed E-state index contributed by atoms with van der Waals surface area (Å²) in [6.07, 6.45) is 1.29. The van der Waals surface area contributed by atoms with Crippen LogP contribution in [0.15, 0.2) is 18.2 Å². The Morgan fingerprint density at radius 2 is 1.84 bits per heavy atom. The topological polar surface area (TPSA) is 63.6 Å². The van der Waals surface area contributed by atoms with Crippen molar-refractivity contribution in [1.29, 1.82) is 0 Å². The third kappa shape index (κ3) is 9.59. The molecule has 0 aliphatic carbocycles. The first-order chi connectivity index (χ1) is 8.84. The fourth-order valence-corrected chi connectivity index (χ4v) is 1.03. The van der Waals surface area contributed by atoms with Crippen LogP contribution in [-0.2, 0) is 4.79 Å². The lowest BCUT2D eigenvalue weighted by Gasteiger charge is -2.04. The highest BCUT2D eigenvalue weighted by Crippen LogP contribution is 2.29. The van der Waals surface area contributed by atoms with Crippen LogP contribution < -0.4 is 4.74 Å². The van der Waals surface area contributed by atoms with Crippen molar-refractivity contribution in [3.8, 4) is 11.5 Å². The number of alkyl halides is 4. The van der Waals surface area contributed by atoms with Gasteiger partial charge in [0.15, 0.2) is 14.7 Å². The molecule has 1 aromatic rings. The minimum absolute atomic E-state index is 0.0536. The molecule has 0 aliphatic heterocycles. The lowest BCUT2D eigenvalue weighted by Crippen LogP contribution is -1.97. The number of carbonyl (C=O) groups is 2. The minimum Gasteiger partial charge on any atom is -0.507 e. The van der Waals surface area contributed by atoms with Gasteiger partial charge in [-0.1, -0.05) is 63.7 Å². The summed E-state index contributed by atoms with van der Waals surface area (Å²) in [5.41, 5.74) is 0.270. The molecule has 0 aliphatic rings. The predicted molar refractivity (Wildman–Crippen MR) is 88.4 cm³/mol. The van der Waals surface area contributed by atoms with Crippen molar-refractivity contribution in [3.05, 3.63) is 23.8 Å². The number of rotatable bonds is 4. The van der Waals surface area contributed by atoms with Crippen LogP contribution in [0.1, 0.15) is 10.4 Å². The van der Waals surface area contributed by atoms with Crippen molar-refractivity contribution in [2.24, 2.45) is 0 Å². The Hall–Kier alpha value is 0.0800. The molecule has 4 nitrogen and oxygen atoms in total. The first-order valence-corrected chi connectivity index (χ1v) is 8.34. The second kappa shape index (κ2) is 9.90. The molecule has 1 N–H and O–H groups in total. The molecular formula is C11H10Br4O4. The van der Waals surface area contributed by atoms with Gasteiger partial charge >= 0.3 is 0 Å². The molecule has 1 rings (SSSR count). The standard InChI is InChI=1S/C9H9BrO3.C2HBr3O/c10-3-4-13-8-2-1-7(6-11)9(12)5-8;3-2(4,5)1-6/h1-2,5-6,12H,3-4H2;1H. The van der Waals surface area contributed by atoms with Gasteiger partial charge < -0.3 is 9.84 Å². The van der Waals surface area contributed by atoms with Crippen LogP contribution in [0.4, 0.5) is 0 Å². The predicted octanol–water partition coefficient (Wildman–Crippen LogP) is 4.00. The highest BCUT2D eigenvalue weighted by molar-refractivity contribution is 9.40. The Labute approximate surface area is 144 Å². The van der Waals surface area contributed by atoms with Crippen LogP contribution in [0.3, 0.4) is 0 Å². The van der Waals surface area contributed by atoms with Gasteiger partial charge in [-0.05, 0) is 12.1 Å². The second-order valence-corrected chi connectivity index (χ2v) is 10.8. The number of halogens is 4. The van der Waals surface area contributed by atoms with E-state index >= 15 is 0 Å². The third-order valence-electron chi connectivity index (χ3n) is 1.61. The second-order valence-electron chi connectivity index (χ2n) is 3.04. The zero-order valence-electron chi connectivity index (χ0n) is 9.48. The average molecular weight is 526 g/mol. The molecule has 0 bridgehead atoms. The fraction of sp³-hybridized carbons (Fsp3) is 0.273. The summed E-state index contributed by atoms with van der Waals surface area (Å²) < 4.78 is 4.51. The van der Waals surface area contributed by atoms with Crippen molar-refractivity contribution in [2.75, 3.05) is 11.9 Å². The quantitative estimate of drug-likeness (QED) is 0.477. The lowest BCUT2D eigenvalue weighted by molar-refractivity contribution is -0.106. The summed E-state index contributed by atoms with van der Waals surface area (Å²) in [7, 11) is 0. The number of phenols is 1. The van der Waals surface area contributed by atoms with Gasteiger partial charge in [0, 0.05) is 11.4 Å². The van der Waals surface area contributed by atoms with Gasteiger partial charge in [0.25, 0.3) is 0 Å². The lowest BCUT2D eigenvalue weighted by atomic mass is 10.2. The number of aromatic hydroxyl groups is 1. The van der Waals surface area contributed by atoms with E-state index in [4.69, 9.17) is 4.74 Å². The van der Waals surface area contributed by atoms with E-state index in [0.29, 0.717) is 24.9 Å². The Morgan fingerprint density at radius 3 is 2.21 bits per heavy atom. The van der Waals surface area contributed by atoms with Crippen molar-refractivity contribution >= 4 is 76.3 Å². The Bertz CT molecular complexity index is 418. The van der Waals surface area contributed by atoms with Gasteiger partial charge in [-0.15, -0.1) is 0 Å². The maximum atomic E-state index is 10.3. The van der Waals surface area contributed by atoms with Gasteiger partial charge in [-0.3, -0.25) is 9.59 Å². The number of hydrogen-bond donors (Lipinski definition) is 1. The molecule has 0 heterocycles. The van der Waals surface area contributed by atoms with Crippen LogP contribution in [0.2, 0.25) is 0 Å². The minimum atomic E-state index is -0.701. The van der Waals surface area contributed by atoms with Crippen LogP contribution in [0, 0.1) is 0 Å². The molecule has 19 heavy (non-hydrogen) atoms. The van der Waals surface area contributed by atoms with E-state index in [-0.39, 0.29) is 11.3 Å². The highest BCUT2D eigenvalue weighted by Gasteiger charge is 2.13. The molecule has 106 valence electrons. The van der Waals surface area contributed by atoms with Crippen molar-refractivity contribution in [1.82, 2.24) is 0 Å². The van der Waals surface area contributed by atoms with E-state index in [9.17, 15) is 14.7 Å². The summed E-state index contributed by atoms with van der Waals surface area (Å²) in [5.74, 6) is 0.504. The van der Waals surface area contributed by atoms with Crippen LogP contribution in [0.5, 0.6) is 11.5 Å². The fourth-order valence-electron chi connectivity index (χ4n) is 0.869. The Balaban J connectivity index is 0.000000459. The monoisotopic (exact) mass is 522 g/mol. The molecule has 0 saturated carbocycles. The summed E-state index contributed by atoms with van der Waals surface area (Å²) in [6, 6.07) is 4.59. The molecular weight excluding hydrogens is 516 g/mol. The van der Waals surface area contributed by atoms with Crippen LogP contribution in [0.25, 0.3) is 0 Å². The number of ether oxygens (including phenoxy) is 1. The molecule has 0 radical (unpaired) electrons. The van der Waals surface area contributed by atoms with Crippen LogP contribution in [-0.4, -0.2) is 31.8 Å². The van der Waals surface area contributed by atoms with E-state index in [1.807, 2.05) is 0 Å². The molecule has 1 aromatic carbocycles. The highest BCUT2D eigenvalue weighted by atomic mass is 80.0. The normalized spacial score (nSPS) is 10.1. The molecule has 0 atom stereocenters. The van der Waals surface area contributed by atoms with Gasteiger partial charge in [0.1, 0.15) is 11.5 Å². The molecule has 8 heteroatoms. The molecule has 0 saturated heterocycles. The zero-order chi connectivity index (χ0) is 14.9. The van der Waals surface area contributed by atoms with Gasteiger partial charge in [-0.25, -0.2) is 0 Å². The maximum Gasteiger partial charge on any atom is 0.189 e. The summed E-state index contributed by atoms with van der Waals surface area (Å²) in [4.78, 5) is 20.0. The molecule has 0 spiro atoms. The van der Waals surface area contributed by atoms with Crippen LogP contribution >= 0.6 is 63.7 Å². The van der Waals surface area contributed by atoms with E-state index in [1.54, 1.807) is 6.07 Å². The summed E-state index contributed by atoms with van der Waals surface area (Å²) in [5, 5.41) is 9.99. The van der Waals surface area contributed by atoms with E-state index in [1.165, 1.54) is 12.1 Å². The number of hydrogen-bond acceptors (Lipinski definition) is 4. The van der Waals surface area contributed by atoms with E-state index in [2.05, 4.69) is 63.7 Å². The molecule has 0 amide bonds. The van der Waals surface area contributed by atoms with E-state index in [0.717, 1.165) is 5.33 Å². The number of benzene rings is 1. The van der Waals surface area contributed by atoms with Gasteiger partial charge in [0.05, 0.1) is 12.2 Å².